The second-order valence-electron chi connectivity index (χ2n) is 11.2. The SMILES string of the molecule is CC(C)(C)OC(=O)C1CC2CCC1CN2c1ncnn2c(-c3cc(C#N)ccn3)cc(C3CC3)c12. The fourth-order valence-corrected chi connectivity index (χ4v) is 5.83. The lowest BCUT2D eigenvalue weighted by molar-refractivity contribution is -0.164. The van der Waals surface area contributed by atoms with E-state index in [0.29, 0.717) is 11.5 Å². The summed E-state index contributed by atoms with van der Waals surface area (Å²) >= 11 is 0. The van der Waals surface area contributed by atoms with Crippen molar-refractivity contribution in [1.29, 1.82) is 5.26 Å². The van der Waals surface area contributed by atoms with Crippen LogP contribution in [0.1, 0.15) is 69.9 Å². The highest BCUT2D eigenvalue weighted by atomic mass is 16.6. The molecule has 5 heterocycles. The summed E-state index contributed by atoms with van der Waals surface area (Å²) in [4.78, 5) is 24.7. The standard InChI is InChI=1S/C27H30N6O2/c1-27(2,3)35-26(34)21-11-19-7-6-18(21)14-32(19)25-24-20(17-4-5-17)12-23(33(24)31-15-30-25)22-10-16(13-28)8-9-29-22/h8-10,12,15,17-19,21H,4-7,11,14H2,1-3H3. The average Bonchev–Trinajstić information content (AvgIpc) is 3.62. The van der Waals surface area contributed by atoms with Crippen LogP contribution in [-0.4, -0.2) is 43.7 Å². The van der Waals surface area contributed by atoms with Crippen LogP contribution in [0.25, 0.3) is 16.9 Å². The number of nitrogens with zero attached hydrogens (tertiary/aromatic N) is 6. The second kappa shape index (κ2) is 8.04. The van der Waals surface area contributed by atoms with Crippen LogP contribution >= 0.6 is 0 Å². The van der Waals surface area contributed by atoms with Crippen molar-refractivity contribution in [2.75, 3.05) is 11.4 Å². The molecule has 0 radical (unpaired) electrons. The van der Waals surface area contributed by atoms with E-state index in [4.69, 9.17) is 9.72 Å². The van der Waals surface area contributed by atoms with Crippen LogP contribution in [0.4, 0.5) is 5.82 Å². The molecule has 8 nitrogen and oxygen atoms in total. The minimum atomic E-state index is -0.468. The Balaban J connectivity index is 1.39. The molecule has 4 aliphatic rings. The lowest BCUT2D eigenvalue weighted by Crippen LogP contribution is -2.55. The Morgan fingerprint density at radius 3 is 2.69 bits per heavy atom. The largest absolute Gasteiger partial charge is 0.460 e. The highest BCUT2D eigenvalue weighted by molar-refractivity contribution is 5.81. The number of carbonyl (C=O) groups excluding carboxylic acids is 1. The van der Waals surface area contributed by atoms with Crippen molar-refractivity contribution in [2.24, 2.45) is 11.8 Å². The van der Waals surface area contributed by atoms with Gasteiger partial charge in [-0.25, -0.2) is 9.50 Å². The van der Waals surface area contributed by atoms with Crippen molar-refractivity contribution in [1.82, 2.24) is 19.6 Å². The van der Waals surface area contributed by atoms with E-state index in [1.807, 2.05) is 31.4 Å². The molecule has 4 fully saturated rings. The van der Waals surface area contributed by atoms with E-state index in [9.17, 15) is 10.1 Å². The number of fused-ring (bicyclic) bond motifs is 4. The number of anilines is 1. The van der Waals surface area contributed by atoms with Gasteiger partial charge in [0.25, 0.3) is 0 Å². The second-order valence-corrected chi connectivity index (χ2v) is 11.2. The minimum absolute atomic E-state index is 0.0507. The highest BCUT2D eigenvalue weighted by Crippen LogP contribution is 2.48. The first kappa shape index (κ1) is 22.0. The average molecular weight is 471 g/mol. The summed E-state index contributed by atoms with van der Waals surface area (Å²) in [5, 5.41) is 14.0. The van der Waals surface area contributed by atoms with E-state index in [1.54, 1.807) is 18.6 Å². The van der Waals surface area contributed by atoms with Crippen LogP contribution in [0.3, 0.4) is 0 Å². The molecule has 8 heteroatoms. The van der Waals surface area contributed by atoms with E-state index in [-0.39, 0.29) is 23.8 Å². The van der Waals surface area contributed by atoms with Crippen LogP contribution in [0.15, 0.2) is 30.7 Å². The molecule has 3 aromatic heterocycles. The van der Waals surface area contributed by atoms with Crippen LogP contribution in [-0.2, 0) is 9.53 Å². The molecule has 2 saturated carbocycles. The van der Waals surface area contributed by atoms with Gasteiger partial charge < -0.3 is 9.64 Å². The summed E-state index contributed by atoms with van der Waals surface area (Å²) < 4.78 is 7.71. The molecule has 3 atom stereocenters. The number of piperidine rings is 2. The minimum Gasteiger partial charge on any atom is -0.460 e. The van der Waals surface area contributed by atoms with Gasteiger partial charge in [0.05, 0.1) is 28.9 Å². The number of pyridine rings is 1. The molecule has 7 rings (SSSR count). The molecular weight excluding hydrogens is 440 g/mol. The lowest BCUT2D eigenvalue weighted by Gasteiger charge is -2.49. The van der Waals surface area contributed by atoms with Crippen molar-refractivity contribution in [2.45, 2.75) is 70.4 Å². The summed E-state index contributed by atoms with van der Waals surface area (Å²) in [5.41, 5.74) is 4.02. The van der Waals surface area contributed by atoms with E-state index in [1.165, 1.54) is 5.56 Å². The number of carbonyl (C=O) groups is 1. The number of nitriles is 1. The van der Waals surface area contributed by atoms with Crippen LogP contribution < -0.4 is 4.90 Å². The van der Waals surface area contributed by atoms with E-state index < -0.39 is 5.60 Å². The van der Waals surface area contributed by atoms with Gasteiger partial charge in [-0.3, -0.25) is 9.78 Å². The zero-order chi connectivity index (χ0) is 24.3. The van der Waals surface area contributed by atoms with Gasteiger partial charge >= 0.3 is 5.97 Å². The maximum absolute atomic E-state index is 12.9. The first-order chi connectivity index (χ1) is 16.8. The first-order valence-electron chi connectivity index (χ1n) is 12.5. The van der Waals surface area contributed by atoms with Gasteiger partial charge in [-0.2, -0.15) is 10.4 Å². The molecular formula is C27H30N6O2. The predicted octanol–water partition coefficient (Wildman–Crippen LogP) is 4.49. The number of aromatic nitrogens is 4. The van der Waals surface area contributed by atoms with Crippen molar-refractivity contribution >= 4 is 17.3 Å². The molecule has 2 aliphatic heterocycles. The molecule has 0 amide bonds. The monoisotopic (exact) mass is 470 g/mol. The Hall–Kier alpha value is -3.47. The van der Waals surface area contributed by atoms with Crippen molar-refractivity contribution < 1.29 is 9.53 Å². The molecule has 2 aliphatic carbocycles. The van der Waals surface area contributed by atoms with Gasteiger partial charge in [-0.15, -0.1) is 0 Å². The van der Waals surface area contributed by atoms with Crippen molar-refractivity contribution in [3.63, 3.8) is 0 Å². The van der Waals surface area contributed by atoms with E-state index in [0.717, 1.165) is 61.4 Å². The maximum Gasteiger partial charge on any atom is 0.309 e. The van der Waals surface area contributed by atoms with Crippen LogP contribution in [0.5, 0.6) is 0 Å². The number of hydrogen-bond donors (Lipinski definition) is 0. The number of esters is 1. The lowest BCUT2D eigenvalue weighted by atomic mass is 9.72. The van der Waals surface area contributed by atoms with Crippen LogP contribution in [0, 0.1) is 23.2 Å². The highest BCUT2D eigenvalue weighted by Gasteiger charge is 2.46. The molecule has 180 valence electrons. The fraction of sp³-hybridized carbons (Fsp3) is 0.519. The van der Waals surface area contributed by atoms with Gasteiger partial charge in [-0.05, 0) is 88.5 Å². The molecule has 0 spiro atoms. The summed E-state index contributed by atoms with van der Waals surface area (Å²) in [6, 6.07) is 8.17. The van der Waals surface area contributed by atoms with Crippen molar-refractivity contribution in [3.05, 3.63) is 41.9 Å². The molecule has 3 aromatic rings. The smallest absolute Gasteiger partial charge is 0.309 e. The maximum atomic E-state index is 12.9. The number of hydrogen-bond acceptors (Lipinski definition) is 7. The van der Waals surface area contributed by atoms with Gasteiger partial charge in [-0.1, -0.05) is 0 Å². The summed E-state index contributed by atoms with van der Waals surface area (Å²) in [6.07, 6.45) is 8.50. The van der Waals surface area contributed by atoms with Crippen LogP contribution in [0.2, 0.25) is 0 Å². The normalized spacial score (nSPS) is 23.9. The summed E-state index contributed by atoms with van der Waals surface area (Å²) in [5.74, 6) is 1.59. The third-order valence-electron chi connectivity index (χ3n) is 7.55. The third-order valence-corrected chi connectivity index (χ3v) is 7.55. The number of ether oxygens (including phenoxy) is 1. The Labute approximate surface area is 204 Å². The van der Waals surface area contributed by atoms with Gasteiger partial charge in [0.1, 0.15) is 17.4 Å². The van der Waals surface area contributed by atoms with E-state index in [2.05, 4.69) is 27.1 Å². The molecule has 0 aromatic carbocycles. The fourth-order valence-electron chi connectivity index (χ4n) is 5.83. The predicted molar refractivity (Wildman–Crippen MR) is 131 cm³/mol. The van der Waals surface area contributed by atoms with Gasteiger partial charge in [0, 0.05) is 18.8 Å². The summed E-state index contributed by atoms with van der Waals surface area (Å²) in [7, 11) is 0. The third kappa shape index (κ3) is 3.93. The first-order valence-corrected chi connectivity index (χ1v) is 12.5. The van der Waals surface area contributed by atoms with Crippen molar-refractivity contribution in [3.8, 4) is 17.5 Å². The summed E-state index contributed by atoms with van der Waals surface area (Å²) in [6.45, 7) is 6.59. The zero-order valence-electron chi connectivity index (χ0n) is 20.4. The molecule has 35 heavy (non-hydrogen) atoms. The Morgan fingerprint density at radius 2 is 2.00 bits per heavy atom. The quantitative estimate of drug-likeness (QED) is 0.518. The van der Waals surface area contributed by atoms with Gasteiger partial charge in [0.2, 0.25) is 0 Å². The van der Waals surface area contributed by atoms with Gasteiger partial charge in [0.15, 0.2) is 5.82 Å². The Kier molecular flexibility index (Phi) is 5.06. The molecule has 2 saturated heterocycles. The number of rotatable bonds is 4. The Morgan fingerprint density at radius 1 is 1.17 bits per heavy atom. The molecule has 2 bridgehead atoms. The van der Waals surface area contributed by atoms with E-state index >= 15 is 0 Å². The zero-order valence-corrected chi connectivity index (χ0v) is 20.4. The Bertz CT molecular complexity index is 1350. The topological polar surface area (TPSA) is 96.4 Å². The molecule has 0 N–H and O–H groups in total. The molecule has 3 unspecified atom stereocenters.